The Hall–Kier alpha value is -0.500. The van der Waals surface area contributed by atoms with Crippen LogP contribution in [-0.4, -0.2) is 19.7 Å². The lowest BCUT2D eigenvalue weighted by Crippen LogP contribution is -2.27. The van der Waals surface area contributed by atoms with Crippen LogP contribution in [0.25, 0.3) is 0 Å². The zero-order valence-electron chi connectivity index (χ0n) is 10.2. The van der Waals surface area contributed by atoms with Gasteiger partial charge in [-0.15, -0.1) is 0 Å². The molecule has 0 aromatic heterocycles. The standard InChI is InChI=1S/C13H25NO/c1-3-4-5-6-7-9-12(14-2)13-10-8-11-15-13/h10,12,14H,3-9,11H2,1-2H3. The molecule has 1 atom stereocenters. The fourth-order valence-corrected chi connectivity index (χ4v) is 2.06. The lowest BCUT2D eigenvalue weighted by molar-refractivity contribution is 0.213. The van der Waals surface area contributed by atoms with Crippen molar-refractivity contribution >= 4 is 0 Å². The van der Waals surface area contributed by atoms with Gasteiger partial charge in [0, 0.05) is 6.42 Å². The second kappa shape index (κ2) is 7.75. The summed E-state index contributed by atoms with van der Waals surface area (Å²) in [6.07, 6.45) is 11.3. The van der Waals surface area contributed by atoms with Crippen molar-refractivity contribution in [3.8, 4) is 0 Å². The van der Waals surface area contributed by atoms with E-state index in [0.717, 1.165) is 13.0 Å². The SMILES string of the molecule is CCCCCCCC(NC)C1=CCCO1. The van der Waals surface area contributed by atoms with Gasteiger partial charge in [-0.2, -0.15) is 0 Å². The first kappa shape index (κ1) is 12.6. The first-order valence-corrected chi connectivity index (χ1v) is 6.38. The van der Waals surface area contributed by atoms with Crippen LogP contribution in [0.5, 0.6) is 0 Å². The van der Waals surface area contributed by atoms with Crippen molar-refractivity contribution in [1.29, 1.82) is 0 Å². The Morgan fingerprint density at radius 2 is 2.13 bits per heavy atom. The van der Waals surface area contributed by atoms with Crippen LogP contribution in [0.4, 0.5) is 0 Å². The van der Waals surface area contributed by atoms with Crippen LogP contribution in [-0.2, 0) is 4.74 Å². The molecule has 15 heavy (non-hydrogen) atoms. The number of unbranched alkanes of at least 4 members (excludes halogenated alkanes) is 4. The summed E-state index contributed by atoms with van der Waals surface area (Å²) in [6, 6.07) is 0.453. The molecule has 0 aromatic rings. The molecule has 2 heteroatoms. The Labute approximate surface area is 94.1 Å². The number of hydrogen-bond acceptors (Lipinski definition) is 2. The minimum Gasteiger partial charge on any atom is -0.496 e. The van der Waals surface area contributed by atoms with E-state index in [1.807, 2.05) is 7.05 Å². The highest BCUT2D eigenvalue weighted by Gasteiger charge is 2.16. The third kappa shape index (κ3) is 4.70. The molecule has 0 saturated heterocycles. The van der Waals surface area contributed by atoms with Crippen LogP contribution >= 0.6 is 0 Å². The Morgan fingerprint density at radius 1 is 1.33 bits per heavy atom. The van der Waals surface area contributed by atoms with Crippen molar-refractivity contribution in [3.05, 3.63) is 11.8 Å². The summed E-state index contributed by atoms with van der Waals surface area (Å²) in [5, 5.41) is 3.34. The molecular weight excluding hydrogens is 186 g/mol. The Morgan fingerprint density at radius 3 is 2.73 bits per heavy atom. The number of ether oxygens (including phenoxy) is 1. The molecule has 0 radical (unpaired) electrons. The van der Waals surface area contributed by atoms with E-state index in [1.54, 1.807) is 0 Å². The molecule has 0 aromatic carbocycles. The van der Waals surface area contributed by atoms with Gasteiger partial charge in [-0.3, -0.25) is 0 Å². The highest BCUT2D eigenvalue weighted by atomic mass is 16.5. The molecule has 1 rings (SSSR count). The summed E-state index contributed by atoms with van der Waals surface area (Å²) in [5.74, 6) is 1.17. The summed E-state index contributed by atoms with van der Waals surface area (Å²) in [4.78, 5) is 0. The summed E-state index contributed by atoms with van der Waals surface area (Å²) >= 11 is 0. The van der Waals surface area contributed by atoms with Crippen molar-refractivity contribution in [2.45, 2.75) is 57.9 Å². The topological polar surface area (TPSA) is 21.3 Å². The molecule has 1 aliphatic heterocycles. The van der Waals surface area contributed by atoms with Gasteiger partial charge in [0.1, 0.15) is 5.76 Å². The number of rotatable bonds is 8. The lowest BCUT2D eigenvalue weighted by Gasteiger charge is -2.17. The Kier molecular flexibility index (Phi) is 6.49. The number of nitrogens with one attached hydrogen (secondary N) is 1. The summed E-state index contributed by atoms with van der Waals surface area (Å²) in [6.45, 7) is 3.14. The highest BCUT2D eigenvalue weighted by molar-refractivity contribution is 5.06. The van der Waals surface area contributed by atoms with E-state index in [0.29, 0.717) is 6.04 Å². The quantitative estimate of drug-likeness (QED) is 0.622. The van der Waals surface area contributed by atoms with Crippen molar-refractivity contribution in [2.24, 2.45) is 0 Å². The van der Waals surface area contributed by atoms with E-state index in [1.165, 1.54) is 44.3 Å². The van der Waals surface area contributed by atoms with Gasteiger partial charge in [0.05, 0.1) is 12.6 Å². The molecule has 88 valence electrons. The third-order valence-electron chi connectivity index (χ3n) is 3.02. The first-order valence-electron chi connectivity index (χ1n) is 6.38. The molecular formula is C13H25NO. The summed E-state index contributed by atoms with van der Waals surface area (Å²) < 4.78 is 5.58. The van der Waals surface area contributed by atoms with E-state index in [-0.39, 0.29) is 0 Å². The largest absolute Gasteiger partial charge is 0.496 e. The number of hydrogen-bond donors (Lipinski definition) is 1. The van der Waals surface area contributed by atoms with Gasteiger partial charge in [-0.25, -0.2) is 0 Å². The maximum atomic E-state index is 5.58. The fourth-order valence-electron chi connectivity index (χ4n) is 2.06. The van der Waals surface area contributed by atoms with Crippen molar-refractivity contribution < 1.29 is 4.74 Å². The molecule has 1 unspecified atom stereocenters. The third-order valence-corrected chi connectivity index (χ3v) is 3.02. The van der Waals surface area contributed by atoms with Crippen molar-refractivity contribution in [1.82, 2.24) is 5.32 Å². The minimum absolute atomic E-state index is 0.453. The molecule has 0 saturated carbocycles. The van der Waals surface area contributed by atoms with Crippen LogP contribution in [0.2, 0.25) is 0 Å². The van der Waals surface area contributed by atoms with Gasteiger partial charge < -0.3 is 10.1 Å². The fraction of sp³-hybridized carbons (Fsp3) is 0.846. The molecule has 1 N–H and O–H groups in total. The van der Waals surface area contributed by atoms with E-state index in [4.69, 9.17) is 4.74 Å². The van der Waals surface area contributed by atoms with E-state index in [2.05, 4.69) is 18.3 Å². The van der Waals surface area contributed by atoms with Crippen molar-refractivity contribution in [3.63, 3.8) is 0 Å². The van der Waals surface area contributed by atoms with Gasteiger partial charge in [-0.05, 0) is 19.5 Å². The molecule has 0 fully saturated rings. The molecule has 0 bridgehead atoms. The summed E-state index contributed by atoms with van der Waals surface area (Å²) in [5.41, 5.74) is 0. The van der Waals surface area contributed by atoms with Crippen LogP contribution in [0.1, 0.15) is 51.9 Å². The first-order chi connectivity index (χ1) is 7.38. The zero-order chi connectivity index (χ0) is 10.9. The monoisotopic (exact) mass is 211 g/mol. The Bertz CT molecular complexity index is 189. The second-order valence-corrected chi connectivity index (χ2v) is 4.29. The average molecular weight is 211 g/mol. The van der Waals surface area contributed by atoms with Gasteiger partial charge in [-0.1, -0.05) is 39.0 Å². The smallest absolute Gasteiger partial charge is 0.109 e. The summed E-state index contributed by atoms with van der Waals surface area (Å²) in [7, 11) is 2.03. The van der Waals surface area contributed by atoms with E-state index < -0.39 is 0 Å². The van der Waals surface area contributed by atoms with Gasteiger partial charge in [0.15, 0.2) is 0 Å². The zero-order valence-corrected chi connectivity index (χ0v) is 10.2. The second-order valence-electron chi connectivity index (χ2n) is 4.29. The molecule has 0 spiro atoms. The molecule has 1 aliphatic rings. The van der Waals surface area contributed by atoms with Crippen LogP contribution in [0, 0.1) is 0 Å². The molecule has 1 heterocycles. The predicted molar refractivity (Wildman–Crippen MR) is 64.9 cm³/mol. The minimum atomic E-state index is 0.453. The van der Waals surface area contributed by atoms with Gasteiger partial charge >= 0.3 is 0 Å². The maximum Gasteiger partial charge on any atom is 0.109 e. The highest BCUT2D eigenvalue weighted by Crippen LogP contribution is 2.18. The molecule has 2 nitrogen and oxygen atoms in total. The van der Waals surface area contributed by atoms with Crippen molar-refractivity contribution in [2.75, 3.05) is 13.7 Å². The van der Waals surface area contributed by atoms with Gasteiger partial charge in [0.2, 0.25) is 0 Å². The molecule has 0 amide bonds. The Balaban J connectivity index is 2.11. The van der Waals surface area contributed by atoms with Crippen LogP contribution in [0.3, 0.4) is 0 Å². The van der Waals surface area contributed by atoms with Gasteiger partial charge in [0.25, 0.3) is 0 Å². The number of likely N-dealkylation sites (N-methyl/N-ethyl adjacent to an activating group) is 1. The lowest BCUT2D eigenvalue weighted by atomic mass is 10.1. The predicted octanol–water partition coefficient (Wildman–Crippen LogP) is 3.24. The van der Waals surface area contributed by atoms with E-state index >= 15 is 0 Å². The maximum absolute atomic E-state index is 5.58. The van der Waals surface area contributed by atoms with Crippen LogP contribution in [0.15, 0.2) is 11.8 Å². The van der Waals surface area contributed by atoms with Crippen LogP contribution < -0.4 is 5.32 Å². The normalized spacial score (nSPS) is 17.3. The molecule has 0 aliphatic carbocycles. The van der Waals surface area contributed by atoms with E-state index in [9.17, 15) is 0 Å². The average Bonchev–Trinajstić information content (AvgIpc) is 2.77.